The van der Waals surface area contributed by atoms with E-state index >= 15 is 0 Å². The van der Waals surface area contributed by atoms with E-state index in [-0.39, 0.29) is 0 Å². The van der Waals surface area contributed by atoms with Gasteiger partial charge < -0.3 is 20.1 Å². The van der Waals surface area contributed by atoms with Gasteiger partial charge in [0.1, 0.15) is 6.61 Å². The van der Waals surface area contributed by atoms with Gasteiger partial charge in [-0.2, -0.15) is 0 Å². The van der Waals surface area contributed by atoms with Crippen molar-refractivity contribution in [1.82, 2.24) is 4.90 Å². The van der Waals surface area contributed by atoms with Crippen LogP contribution in [0.2, 0.25) is 0 Å². The van der Waals surface area contributed by atoms with E-state index in [2.05, 4.69) is 34.7 Å². The van der Waals surface area contributed by atoms with Gasteiger partial charge in [-0.15, -0.1) is 0 Å². The predicted octanol–water partition coefficient (Wildman–Crippen LogP) is 2.76. The molecule has 0 unspecified atom stereocenters. The summed E-state index contributed by atoms with van der Waals surface area (Å²) in [5.74, 6) is 1.36. The maximum atomic E-state index is 5.78. The molecule has 0 amide bonds. The Labute approximate surface area is 117 Å². The molecule has 0 heterocycles. The number of nitrogens with zero attached hydrogens (tertiary/aromatic N) is 1. The number of halogens is 1. The Balaban J connectivity index is 2.66. The molecule has 0 saturated carbocycles. The molecule has 0 aromatic heterocycles. The second-order valence-corrected chi connectivity index (χ2v) is 4.76. The topological polar surface area (TPSA) is 47.7 Å². The minimum Gasteiger partial charge on any atom is -0.493 e. The van der Waals surface area contributed by atoms with Crippen molar-refractivity contribution in [2.24, 2.45) is 0 Å². The van der Waals surface area contributed by atoms with E-state index in [9.17, 15) is 0 Å². The highest BCUT2D eigenvalue weighted by atomic mass is 79.9. The molecular formula is C13H21BrN2O2. The summed E-state index contributed by atoms with van der Waals surface area (Å²) >= 11 is 3.44. The van der Waals surface area contributed by atoms with Crippen LogP contribution in [0.15, 0.2) is 16.6 Å². The molecule has 18 heavy (non-hydrogen) atoms. The lowest BCUT2D eigenvalue weighted by Crippen LogP contribution is -2.28. The molecule has 0 aliphatic heterocycles. The van der Waals surface area contributed by atoms with E-state index in [1.165, 1.54) is 0 Å². The third-order valence-electron chi connectivity index (χ3n) is 2.80. The highest BCUT2D eigenvalue weighted by Gasteiger charge is 2.11. The van der Waals surface area contributed by atoms with Gasteiger partial charge in [-0.05, 0) is 35.1 Å². The van der Waals surface area contributed by atoms with Crippen LogP contribution < -0.4 is 15.2 Å². The van der Waals surface area contributed by atoms with Gasteiger partial charge in [0.15, 0.2) is 11.5 Å². The van der Waals surface area contributed by atoms with E-state index in [1.54, 1.807) is 13.2 Å². The van der Waals surface area contributed by atoms with Crippen LogP contribution in [-0.2, 0) is 0 Å². The van der Waals surface area contributed by atoms with Crippen molar-refractivity contribution in [3.05, 3.63) is 16.6 Å². The molecular weight excluding hydrogens is 296 g/mol. The fraction of sp³-hybridized carbons (Fsp3) is 0.538. The van der Waals surface area contributed by atoms with E-state index < -0.39 is 0 Å². The lowest BCUT2D eigenvalue weighted by Gasteiger charge is -2.19. The second kappa shape index (κ2) is 7.48. The first kappa shape index (κ1) is 15.1. The molecule has 102 valence electrons. The fourth-order valence-corrected chi connectivity index (χ4v) is 2.27. The molecule has 0 radical (unpaired) electrons. The summed E-state index contributed by atoms with van der Waals surface area (Å²) in [5, 5.41) is 0. The lowest BCUT2D eigenvalue weighted by atomic mass is 10.3. The summed E-state index contributed by atoms with van der Waals surface area (Å²) in [6.07, 6.45) is 0. The van der Waals surface area contributed by atoms with Crippen LogP contribution in [0.5, 0.6) is 11.5 Å². The number of likely N-dealkylation sites (N-methyl/N-ethyl adjacent to an activating group) is 1. The first-order chi connectivity index (χ1) is 8.62. The number of rotatable bonds is 7. The Morgan fingerprint density at radius 2 is 1.94 bits per heavy atom. The van der Waals surface area contributed by atoms with Crippen molar-refractivity contribution < 1.29 is 9.47 Å². The SMILES string of the molecule is CCN(CC)CCOc1c(Br)cc(N)cc1OC. The summed E-state index contributed by atoms with van der Waals surface area (Å²) in [6.45, 7) is 7.86. The van der Waals surface area contributed by atoms with Crippen LogP contribution in [0.25, 0.3) is 0 Å². The fourth-order valence-electron chi connectivity index (χ4n) is 1.70. The van der Waals surface area contributed by atoms with Gasteiger partial charge in [0.25, 0.3) is 0 Å². The number of nitrogen functional groups attached to an aromatic ring is 1. The van der Waals surface area contributed by atoms with Crippen molar-refractivity contribution in [3.8, 4) is 11.5 Å². The Morgan fingerprint density at radius 3 is 2.50 bits per heavy atom. The number of anilines is 1. The summed E-state index contributed by atoms with van der Waals surface area (Å²) < 4.78 is 11.9. The standard InChI is InChI=1S/C13H21BrN2O2/c1-4-16(5-2)6-7-18-13-11(14)8-10(15)9-12(13)17-3/h8-9H,4-7,15H2,1-3H3. The Kier molecular flexibility index (Phi) is 6.29. The zero-order valence-corrected chi connectivity index (χ0v) is 12.8. The van der Waals surface area contributed by atoms with E-state index in [0.717, 1.165) is 24.1 Å². The number of nitrogens with two attached hydrogens (primary N) is 1. The highest BCUT2D eigenvalue weighted by Crippen LogP contribution is 2.37. The van der Waals surface area contributed by atoms with Crippen molar-refractivity contribution in [1.29, 1.82) is 0 Å². The molecule has 5 heteroatoms. The number of methoxy groups -OCH3 is 1. The number of hydrogen-bond acceptors (Lipinski definition) is 4. The predicted molar refractivity (Wildman–Crippen MR) is 78.4 cm³/mol. The molecule has 0 spiro atoms. The van der Waals surface area contributed by atoms with E-state index in [4.69, 9.17) is 15.2 Å². The van der Waals surface area contributed by atoms with Crippen molar-refractivity contribution in [2.45, 2.75) is 13.8 Å². The number of benzene rings is 1. The monoisotopic (exact) mass is 316 g/mol. The number of ether oxygens (including phenoxy) is 2. The zero-order valence-electron chi connectivity index (χ0n) is 11.2. The largest absolute Gasteiger partial charge is 0.493 e. The van der Waals surface area contributed by atoms with Crippen LogP contribution in [-0.4, -0.2) is 38.3 Å². The maximum Gasteiger partial charge on any atom is 0.175 e. The molecule has 0 saturated heterocycles. The first-order valence-corrected chi connectivity index (χ1v) is 6.89. The van der Waals surface area contributed by atoms with Gasteiger partial charge in [0, 0.05) is 18.3 Å². The highest BCUT2D eigenvalue weighted by molar-refractivity contribution is 9.10. The Bertz CT molecular complexity index is 381. The van der Waals surface area contributed by atoms with Crippen molar-refractivity contribution >= 4 is 21.6 Å². The van der Waals surface area contributed by atoms with Crippen LogP contribution in [0.4, 0.5) is 5.69 Å². The van der Waals surface area contributed by atoms with Gasteiger partial charge in [-0.25, -0.2) is 0 Å². The van der Waals surface area contributed by atoms with Crippen LogP contribution in [0.3, 0.4) is 0 Å². The number of hydrogen-bond donors (Lipinski definition) is 1. The summed E-state index contributed by atoms with van der Waals surface area (Å²) in [5.41, 5.74) is 6.40. The third-order valence-corrected chi connectivity index (χ3v) is 3.39. The van der Waals surface area contributed by atoms with Crippen molar-refractivity contribution in [2.75, 3.05) is 39.1 Å². The molecule has 0 aliphatic carbocycles. The average molecular weight is 317 g/mol. The molecule has 1 aromatic rings. The zero-order chi connectivity index (χ0) is 13.5. The molecule has 1 aromatic carbocycles. The second-order valence-electron chi connectivity index (χ2n) is 3.91. The lowest BCUT2D eigenvalue weighted by molar-refractivity contribution is 0.216. The van der Waals surface area contributed by atoms with E-state index in [1.807, 2.05) is 6.07 Å². The van der Waals surface area contributed by atoms with Crippen molar-refractivity contribution in [3.63, 3.8) is 0 Å². The molecule has 2 N–H and O–H groups in total. The van der Waals surface area contributed by atoms with Gasteiger partial charge in [0.05, 0.1) is 11.6 Å². The third kappa shape index (κ3) is 4.07. The first-order valence-electron chi connectivity index (χ1n) is 6.10. The van der Waals surface area contributed by atoms with Gasteiger partial charge in [0.2, 0.25) is 0 Å². The van der Waals surface area contributed by atoms with Gasteiger partial charge in [-0.1, -0.05) is 13.8 Å². The summed E-state index contributed by atoms with van der Waals surface area (Å²) in [7, 11) is 1.61. The van der Waals surface area contributed by atoms with Gasteiger partial charge >= 0.3 is 0 Å². The smallest absolute Gasteiger partial charge is 0.175 e. The molecule has 4 nitrogen and oxygen atoms in total. The molecule has 0 fully saturated rings. The quantitative estimate of drug-likeness (QED) is 0.786. The molecule has 0 bridgehead atoms. The van der Waals surface area contributed by atoms with Crippen LogP contribution >= 0.6 is 15.9 Å². The molecule has 1 rings (SSSR count). The molecule has 0 aliphatic rings. The van der Waals surface area contributed by atoms with Gasteiger partial charge in [-0.3, -0.25) is 0 Å². The Morgan fingerprint density at radius 1 is 1.28 bits per heavy atom. The average Bonchev–Trinajstić information content (AvgIpc) is 2.36. The molecule has 0 atom stereocenters. The minimum atomic E-state index is 0.626. The normalized spacial score (nSPS) is 10.7. The van der Waals surface area contributed by atoms with Crippen LogP contribution in [0, 0.1) is 0 Å². The Hall–Kier alpha value is -0.940. The van der Waals surface area contributed by atoms with E-state index in [0.29, 0.717) is 23.8 Å². The minimum absolute atomic E-state index is 0.626. The maximum absolute atomic E-state index is 5.78. The summed E-state index contributed by atoms with van der Waals surface area (Å²) in [4.78, 5) is 2.30. The summed E-state index contributed by atoms with van der Waals surface area (Å²) in [6, 6.07) is 3.58. The van der Waals surface area contributed by atoms with Crippen LogP contribution in [0.1, 0.15) is 13.8 Å².